The largest absolute Gasteiger partial charge is 0.343 e. The Bertz CT molecular complexity index is 393. The number of rotatable bonds is 3. The van der Waals surface area contributed by atoms with Crippen LogP contribution in [0.1, 0.15) is 30.4 Å². The maximum Gasteiger partial charge on any atom is 0.222 e. The SMILES string of the molecule is Cc1ccc(CCC(=O)N2CCC(Cl)CC2)cc1. The molecule has 1 saturated heterocycles. The first-order chi connectivity index (χ1) is 8.65. The molecule has 2 rings (SSSR count). The Morgan fingerprint density at radius 3 is 2.50 bits per heavy atom. The third-order valence-electron chi connectivity index (χ3n) is 3.53. The van der Waals surface area contributed by atoms with Crippen molar-refractivity contribution in [2.24, 2.45) is 0 Å². The number of carbonyl (C=O) groups is 1. The summed E-state index contributed by atoms with van der Waals surface area (Å²) >= 11 is 6.04. The van der Waals surface area contributed by atoms with Gasteiger partial charge in [0.1, 0.15) is 0 Å². The van der Waals surface area contributed by atoms with E-state index in [1.54, 1.807) is 0 Å². The van der Waals surface area contributed by atoms with E-state index in [9.17, 15) is 4.79 Å². The van der Waals surface area contributed by atoms with Gasteiger partial charge in [0.25, 0.3) is 0 Å². The molecular formula is C15H20ClNO. The minimum Gasteiger partial charge on any atom is -0.343 e. The number of hydrogen-bond acceptors (Lipinski definition) is 1. The molecule has 2 nitrogen and oxygen atoms in total. The van der Waals surface area contributed by atoms with Crippen LogP contribution >= 0.6 is 11.6 Å². The number of halogens is 1. The van der Waals surface area contributed by atoms with Gasteiger partial charge in [0.05, 0.1) is 0 Å². The summed E-state index contributed by atoms with van der Waals surface area (Å²) in [5, 5.41) is 0.256. The first-order valence-corrected chi connectivity index (χ1v) is 7.06. The summed E-state index contributed by atoms with van der Waals surface area (Å²) in [4.78, 5) is 14.0. The highest BCUT2D eigenvalue weighted by atomic mass is 35.5. The molecule has 1 heterocycles. The van der Waals surface area contributed by atoms with Crippen molar-refractivity contribution in [2.45, 2.75) is 38.0 Å². The quantitative estimate of drug-likeness (QED) is 0.769. The molecule has 1 fully saturated rings. The zero-order chi connectivity index (χ0) is 13.0. The van der Waals surface area contributed by atoms with Gasteiger partial charge in [0.2, 0.25) is 5.91 Å². The van der Waals surface area contributed by atoms with Crippen LogP contribution in [0.3, 0.4) is 0 Å². The van der Waals surface area contributed by atoms with Gasteiger partial charge in [-0.05, 0) is 31.7 Å². The van der Waals surface area contributed by atoms with E-state index in [1.807, 2.05) is 4.90 Å². The fraction of sp³-hybridized carbons (Fsp3) is 0.533. The monoisotopic (exact) mass is 265 g/mol. The molecule has 1 amide bonds. The standard InChI is InChI=1S/C15H20ClNO/c1-12-2-4-13(5-3-12)6-7-15(18)17-10-8-14(16)9-11-17/h2-5,14H,6-11H2,1H3. The average molecular weight is 266 g/mol. The molecule has 0 aromatic heterocycles. The number of likely N-dealkylation sites (tertiary alicyclic amines) is 1. The Kier molecular flexibility index (Phi) is 4.65. The maximum atomic E-state index is 12.0. The second-order valence-corrected chi connectivity index (χ2v) is 5.66. The molecule has 0 N–H and O–H groups in total. The number of amides is 1. The van der Waals surface area contributed by atoms with Crippen molar-refractivity contribution in [3.8, 4) is 0 Å². The third kappa shape index (κ3) is 3.74. The Morgan fingerprint density at radius 1 is 1.28 bits per heavy atom. The van der Waals surface area contributed by atoms with E-state index < -0.39 is 0 Å². The lowest BCUT2D eigenvalue weighted by molar-refractivity contribution is -0.131. The predicted molar refractivity (Wildman–Crippen MR) is 75.0 cm³/mol. The molecule has 1 aromatic carbocycles. The molecular weight excluding hydrogens is 246 g/mol. The molecule has 1 aliphatic rings. The van der Waals surface area contributed by atoms with Gasteiger partial charge >= 0.3 is 0 Å². The highest BCUT2D eigenvalue weighted by Crippen LogP contribution is 2.16. The lowest BCUT2D eigenvalue weighted by atomic mass is 10.1. The Morgan fingerprint density at radius 2 is 1.89 bits per heavy atom. The van der Waals surface area contributed by atoms with Gasteiger partial charge in [0, 0.05) is 24.9 Å². The summed E-state index contributed by atoms with van der Waals surface area (Å²) in [6.45, 7) is 3.72. The molecule has 1 aliphatic heterocycles. The number of carbonyl (C=O) groups excluding carboxylic acids is 1. The van der Waals surface area contributed by atoms with Crippen LogP contribution in [0.15, 0.2) is 24.3 Å². The lowest BCUT2D eigenvalue weighted by Crippen LogP contribution is -2.38. The number of alkyl halides is 1. The molecule has 0 unspecified atom stereocenters. The number of nitrogens with zero attached hydrogens (tertiary/aromatic N) is 1. The van der Waals surface area contributed by atoms with Crippen LogP contribution < -0.4 is 0 Å². The second-order valence-electron chi connectivity index (χ2n) is 5.04. The highest BCUT2D eigenvalue weighted by Gasteiger charge is 2.20. The van der Waals surface area contributed by atoms with Gasteiger partial charge in [-0.3, -0.25) is 4.79 Å². The molecule has 0 aliphatic carbocycles. The number of hydrogen-bond donors (Lipinski definition) is 0. The van der Waals surface area contributed by atoms with Crippen LogP contribution in [0.5, 0.6) is 0 Å². The Balaban J connectivity index is 1.79. The zero-order valence-electron chi connectivity index (χ0n) is 10.9. The molecule has 3 heteroatoms. The molecule has 0 atom stereocenters. The molecule has 0 radical (unpaired) electrons. The van der Waals surface area contributed by atoms with E-state index in [2.05, 4.69) is 31.2 Å². The predicted octanol–water partition coefficient (Wildman–Crippen LogP) is 3.16. The number of benzene rings is 1. The molecule has 98 valence electrons. The van der Waals surface area contributed by atoms with E-state index in [0.717, 1.165) is 32.4 Å². The molecule has 0 bridgehead atoms. The van der Waals surface area contributed by atoms with E-state index in [4.69, 9.17) is 11.6 Å². The molecule has 1 aromatic rings. The van der Waals surface area contributed by atoms with Gasteiger partial charge in [-0.1, -0.05) is 29.8 Å². The normalized spacial score (nSPS) is 16.9. The summed E-state index contributed by atoms with van der Waals surface area (Å²) in [6.07, 6.45) is 3.30. The van der Waals surface area contributed by atoms with Crippen LogP contribution in [0, 0.1) is 6.92 Å². The smallest absolute Gasteiger partial charge is 0.222 e. The van der Waals surface area contributed by atoms with Crippen LogP contribution in [0.4, 0.5) is 0 Å². The highest BCUT2D eigenvalue weighted by molar-refractivity contribution is 6.20. The van der Waals surface area contributed by atoms with E-state index in [0.29, 0.717) is 6.42 Å². The van der Waals surface area contributed by atoms with Crippen molar-refractivity contribution < 1.29 is 4.79 Å². The second kappa shape index (κ2) is 6.24. The summed E-state index contributed by atoms with van der Waals surface area (Å²) in [5.74, 6) is 0.263. The van der Waals surface area contributed by atoms with Crippen LogP contribution in [-0.4, -0.2) is 29.3 Å². The average Bonchev–Trinajstić information content (AvgIpc) is 2.38. The lowest BCUT2D eigenvalue weighted by Gasteiger charge is -2.29. The Hall–Kier alpha value is -1.02. The molecule has 18 heavy (non-hydrogen) atoms. The fourth-order valence-electron chi connectivity index (χ4n) is 2.26. The zero-order valence-corrected chi connectivity index (χ0v) is 11.6. The minimum absolute atomic E-state index is 0.256. The van der Waals surface area contributed by atoms with Gasteiger partial charge in [0.15, 0.2) is 0 Å². The van der Waals surface area contributed by atoms with E-state index in [-0.39, 0.29) is 11.3 Å². The van der Waals surface area contributed by atoms with Crippen molar-refractivity contribution >= 4 is 17.5 Å². The number of aryl methyl sites for hydroxylation is 2. The summed E-state index contributed by atoms with van der Waals surface area (Å²) in [7, 11) is 0. The summed E-state index contributed by atoms with van der Waals surface area (Å²) < 4.78 is 0. The fourth-order valence-corrected chi connectivity index (χ4v) is 2.46. The van der Waals surface area contributed by atoms with Crippen LogP contribution in [-0.2, 0) is 11.2 Å². The van der Waals surface area contributed by atoms with Crippen molar-refractivity contribution in [3.63, 3.8) is 0 Å². The first-order valence-electron chi connectivity index (χ1n) is 6.62. The minimum atomic E-state index is 0.256. The topological polar surface area (TPSA) is 20.3 Å². The first kappa shape index (κ1) is 13.4. The van der Waals surface area contributed by atoms with Gasteiger partial charge in [-0.15, -0.1) is 11.6 Å². The van der Waals surface area contributed by atoms with Gasteiger partial charge < -0.3 is 4.90 Å². The molecule has 0 saturated carbocycles. The van der Waals surface area contributed by atoms with Gasteiger partial charge in [-0.2, -0.15) is 0 Å². The Labute approximate surface area is 114 Å². The maximum absolute atomic E-state index is 12.0. The summed E-state index contributed by atoms with van der Waals surface area (Å²) in [5.41, 5.74) is 2.50. The van der Waals surface area contributed by atoms with Crippen molar-refractivity contribution in [2.75, 3.05) is 13.1 Å². The van der Waals surface area contributed by atoms with Crippen molar-refractivity contribution in [1.29, 1.82) is 0 Å². The van der Waals surface area contributed by atoms with Crippen LogP contribution in [0.2, 0.25) is 0 Å². The van der Waals surface area contributed by atoms with Crippen molar-refractivity contribution in [1.82, 2.24) is 4.90 Å². The third-order valence-corrected chi connectivity index (χ3v) is 3.96. The van der Waals surface area contributed by atoms with Crippen molar-refractivity contribution in [3.05, 3.63) is 35.4 Å². The van der Waals surface area contributed by atoms with E-state index >= 15 is 0 Å². The summed E-state index contributed by atoms with van der Waals surface area (Å²) in [6, 6.07) is 8.40. The van der Waals surface area contributed by atoms with Gasteiger partial charge in [-0.25, -0.2) is 0 Å². The van der Waals surface area contributed by atoms with Crippen LogP contribution in [0.25, 0.3) is 0 Å². The number of piperidine rings is 1. The van der Waals surface area contributed by atoms with E-state index in [1.165, 1.54) is 11.1 Å². The molecule has 0 spiro atoms.